The van der Waals surface area contributed by atoms with Gasteiger partial charge in [0.25, 0.3) is 0 Å². The Morgan fingerprint density at radius 1 is 1.33 bits per heavy atom. The van der Waals surface area contributed by atoms with Crippen LogP contribution < -0.4 is 5.32 Å². The van der Waals surface area contributed by atoms with E-state index in [2.05, 4.69) is 17.9 Å². The highest BCUT2D eigenvalue weighted by molar-refractivity contribution is 7.80. The van der Waals surface area contributed by atoms with E-state index in [4.69, 9.17) is 9.05 Å². The van der Waals surface area contributed by atoms with Gasteiger partial charge in [-0.1, -0.05) is 0 Å². The molecule has 1 fully saturated rings. The van der Waals surface area contributed by atoms with Crippen LogP contribution in [0.25, 0.3) is 0 Å². The minimum absolute atomic E-state index is 0. The third-order valence-electron chi connectivity index (χ3n) is 3.37. The molecule has 0 saturated carbocycles. The average molecular weight is 384 g/mol. The molecule has 0 aromatic rings. The van der Waals surface area contributed by atoms with E-state index in [1.54, 1.807) is 0 Å². The fraction of sp³-hybridized carbons (Fsp3) is 1.00. The van der Waals surface area contributed by atoms with Crippen LogP contribution in [0.2, 0.25) is 0 Å². The van der Waals surface area contributed by atoms with E-state index in [0.29, 0.717) is 5.75 Å². The maximum atomic E-state index is 12.6. The van der Waals surface area contributed by atoms with Crippen molar-refractivity contribution < 1.29 is 28.0 Å². The molecule has 2 unspecified atom stereocenters. The van der Waals surface area contributed by atoms with Crippen LogP contribution >= 0.6 is 40.2 Å². The van der Waals surface area contributed by atoms with Crippen LogP contribution in [0.4, 0.5) is 0 Å². The van der Waals surface area contributed by atoms with E-state index in [1.165, 1.54) is 0 Å². The van der Waals surface area contributed by atoms with Gasteiger partial charge in [0.2, 0.25) is 0 Å². The van der Waals surface area contributed by atoms with Crippen molar-refractivity contribution in [2.24, 2.45) is 5.92 Å². The molecule has 0 aliphatic carbocycles. The largest absolute Gasteiger partial charge is 0.345 e. The normalized spacial score (nSPS) is 21.3. The SMILES string of the molecule is COP(=O)(OCCS)C(CC1CCNCC1)P(=O)(O)O.Cl. The van der Waals surface area contributed by atoms with Gasteiger partial charge in [-0.2, -0.15) is 12.6 Å². The quantitative estimate of drug-likeness (QED) is 0.375. The van der Waals surface area contributed by atoms with Gasteiger partial charge < -0.3 is 24.2 Å². The van der Waals surface area contributed by atoms with Crippen molar-refractivity contribution in [3.63, 3.8) is 0 Å². The molecule has 1 aliphatic heterocycles. The summed E-state index contributed by atoms with van der Waals surface area (Å²) in [6, 6.07) is 0. The molecule has 0 radical (unpaired) electrons. The highest BCUT2D eigenvalue weighted by atomic mass is 35.5. The smallest absolute Gasteiger partial charge is 0.324 e. The highest BCUT2D eigenvalue weighted by Gasteiger charge is 2.47. The molecule has 11 heteroatoms. The molecule has 0 bridgehead atoms. The van der Waals surface area contributed by atoms with Gasteiger partial charge in [-0.3, -0.25) is 9.13 Å². The van der Waals surface area contributed by atoms with Crippen molar-refractivity contribution in [1.82, 2.24) is 5.32 Å². The third-order valence-corrected chi connectivity index (χ3v) is 8.29. The maximum Gasteiger partial charge on any atom is 0.345 e. The molecule has 3 N–H and O–H groups in total. The van der Waals surface area contributed by atoms with Gasteiger partial charge in [0.1, 0.15) is 0 Å². The zero-order valence-electron chi connectivity index (χ0n) is 11.9. The summed E-state index contributed by atoms with van der Waals surface area (Å²) in [4.78, 5) is 19.0. The minimum Gasteiger partial charge on any atom is -0.324 e. The summed E-state index contributed by atoms with van der Waals surface area (Å²) in [6.45, 7) is 1.62. The first-order valence-electron chi connectivity index (χ1n) is 6.50. The summed E-state index contributed by atoms with van der Waals surface area (Å²) in [5.74, 6) is 0.408. The van der Waals surface area contributed by atoms with Gasteiger partial charge in [0.15, 0.2) is 5.40 Å². The van der Waals surface area contributed by atoms with Gasteiger partial charge in [0.05, 0.1) is 6.61 Å². The molecule has 0 spiro atoms. The Bertz CT molecular complexity index is 390. The molecule has 0 aromatic carbocycles. The Morgan fingerprint density at radius 3 is 2.33 bits per heavy atom. The number of hydrogen-bond donors (Lipinski definition) is 4. The first-order chi connectivity index (χ1) is 9.33. The fourth-order valence-corrected chi connectivity index (χ4v) is 6.48. The van der Waals surface area contributed by atoms with Gasteiger partial charge in [-0.05, 0) is 38.3 Å². The number of hydrogen-bond acceptors (Lipinski definition) is 6. The predicted octanol–water partition coefficient (Wildman–Crippen LogP) is 2.09. The van der Waals surface area contributed by atoms with Gasteiger partial charge in [-0.15, -0.1) is 12.4 Å². The van der Waals surface area contributed by atoms with Crippen molar-refractivity contribution in [2.45, 2.75) is 24.7 Å². The molecular weight excluding hydrogens is 360 g/mol. The number of halogens is 1. The molecule has 1 heterocycles. The summed E-state index contributed by atoms with van der Waals surface area (Å²) in [7, 11) is -7.27. The average Bonchev–Trinajstić information content (AvgIpc) is 2.42. The molecule has 0 amide bonds. The Hall–Kier alpha value is 0.900. The number of rotatable bonds is 8. The summed E-state index contributed by atoms with van der Waals surface area (Å²) in [5, 5.41) is 1.78. The molecular formula is C10H24ClNO6P2S. The molecule has 1 aliphatic rings. The van der Waals surface area contributed by atoms with Gasteiger partial charge >= 0.3 is 15.2 Å². The zero-order chi connectivity index (χ0) is 15.2. The Kier molecular flexibility index (Phi) is 10.3. The van der Waals surface area contributed by atoms with E-state index in [9.17, 15) is 18.9 Å². The van der Waals surface area contributed by atoms with E-state index in [-0.39, 0.29) is 31.4 Å². The Balaban J connectivity index is 0.00000400. The van der Waals surface area contributed by atoms with Crippen LogP contribution in [0, 0.1) is 5.92 Å². The molecule has 128 valence electrons. The fourth-order valence-electron chi connectivity index (χ4n) is 2.29. The lowest BCUT2D eigenvalue weighted by Crippen LogP contribution is -2.30. The first kappa shape index (κ1) is 21.9. The van der Waals surface area contributed by atoms with E-state index >= 15 is 0 Å². The second kappa shape index (κ2) is 9.91. The summed E-state index contributed by atoms with van der Waals surface area (Å²) >= 11 is 3.94. The number of nitrogens with one attached hydrogen (secondary N) is 1. The van der Waals surface area contributed by atoms with Gasteiger partial charge in [-0.25, -0.2) is 0 Å². The van der Waals surface area contributed by atoms with Crippen LogP contribution in [0.1, 0.15) is 19.3 Å². The molecule has 7 nitrogen and oxygen atoms in total. The Labute approximate surface area is 137 Å². The van der Waals surface area contributed by atoms with Crippen LogP contribution in [-0.4, -0.2) is 47.7 Å². The van der Waals surface area contributed by atoms with E-state index in [0.717, 1.165) is 33.0 Å². The lowest BCUT2D eigenvalue weighted by atomic mass is 9.95. The van der Waals surface area contributed by atoms with Crippen molar-refractivity contribution in [3.8, 4) is 0 Å². The zero-order valence-corrected chi connectivity index (χ0v) is 15.4. The molecule has 1 rings (SSSR count). The van der Waals surface area contributed by atoms with E-state index in [1.807, 2.05) is 0 Å². The first-order valence-corrected chi connectivity index (χ1v) is 10.4. The van der Waals surface area contributed by atoms with Gasteiger partial charge in [0, 0.05) is 12.9 Å². The second-order valence-electron chi connectivity index (χ2n) is 4.78. The van der Waals surface area contributed by atoms with Crippen LogP contribution in [0.15, 0.2) is 0 Å². The monoisotopic (exact) mass is 383 g/mol. The highest BCUT2D eigenvalue weighted by Crippen LogP contribution is 2.67. The number of piperidine rings is 1. The van der Waals surface area contributed by atoms with Crippen LogP contribution in [-0.2, 0) is 18.2 Å². The molecule has 1 saturated heterocycles. The predicted molar refractivity (Wildman–Crippen MR) is 87.7 cm³/mol. The third kappa shape index (κ3) is 6.90. The van der Waals surface area contributed by atoms with Crippen molar-refractivity contribution >= 4 is 40.2 Å². The summed E-state index contributed by atoms with van der Waals surface area (Å²) in [5.41, 5.74) is 0. The molecule has 0 aromatic heterocycles. The lowest BCUT2D eigenvalue weighted by molar-refractivity contribution is 0.231. The molecule has 2 atom stereocenters. The van der Waals surface area contributed by atoms with Crippen molar-refractivity contribution in [3.05, 3.63) is 0 Å². The summed E-state index contributed by atoms with van der Waals surface area (Å²) in [6.07, 6.45) is 1.74. The van der Waals surface area contributed by atoms with Crippen molar-refractivity contribution in [1.29, 1.82) is 0 Å². The lowest BCUT2D eigenvalue weighted by Gasteiger charge is -2.30. The second-order valence-corrected chi connectivity index (χ2v) is 9.76. The van der Waals surface area contributed by atoms with E-state index < -0.39 is 20.6 Å². The molecule has 21 heavy (non-hydrogen) atoms. The van der Waals surface area contributed by atoms with Crippen LogP contribution in [0.5, 0.6) is 0 Å². The Morgan fingerprint density at radius 2 is 1.90 bits per heavy atom. The number of thiol groups is 1. The van der Waals surface area contributed by atoms with Crippen molar-refractivity contribution in [2.75, 3.05) is 32.6 Å². The maximum absolute atomic E-state index is 12.6. The summed E-state index contributed by atoms with van der Waals surface area (Å²) < 4.78 is 34.2. The topological polar surface area (TPSA) is 105 Å². The van der Waals surface area contributed by atoms with Crippen LogP contribution in [0.3, 0.4) is 0 Å². The minimum atomic E-state index is -4.58. The standard InChI is InChI=1S/C10H23NO6P2S.ClH/c1-16-19(15,17-6-7-20)10(18(12,13)14)8-9-2-4-11-5-3-9;/h9-11,20H,2-8H2,1H3,(H2,12,13,14);1H.